The van der Waals surface area contributed by atoms with E-state index >= 15 is 0 Å². The van der Waals surface area contributed by atoms with Gasteiger partial charge in [0, 0.05) is 11.6 Å². The Morgan fingerprint density at radius 3 is 2.37 bits per heavy atom. The van der Waals surface area contributed by atoms with Crippen LogP contribution in [0.15, 0.2) is 24.3 Å². The third kappa shape index (κ3) is 4.10. The zero-order valence-electron chi connectivity index (χ0n) is 11.2. The van der Waals surface area contributed by atoms with Gasteiger partial charge in [0.15, 0.2) is 0 Å². The largest absolute Gasteiger partial charge is 0.349 e. The summed E-state index contributed by atoms with van der Waals surface area (Å²) in [4.78, 5) is 12.1. The Hall–Kier alpha value is -1.82. The molecule has 0 aliphatic heterocycles. The van der Waals surface area contributed by atoms with E-state index in [0.29, 0.717) is 18.0 Å². The van der Waals surface area contributed by atoms with E-state index in [4.69, 9.17) is 5.26 Å². The van der Waals surface area contributed by atoms with E-state index in [1.165, 1.54) is 25.7 Å². The molecule has 0 saturated heterocycles. The Kier molecular flexibility index (Phi) is 4.97. The lowest BCUT2D eigenvalue weighted by Crippen LogP contribution is -2.34. The molecule has 1 aromatic carbocycles. The zero-order valence-corrected chi connectivity index (χ0v) is 11.2. The predicted molar refractivity (Wildman–Crippen MR) is 74.7 cm³/mol. The fourth-order valence-electron chi connectivity index (χ4n) is 2.56. The van der Waals surface area contributed by atoms with Crippen LogP contribution >= 0.6 is 0 Å². The molecule has 0 radical (unpaired) electrons. The Morgan fingerprint density at radius 1 is 1.16 bits per heavy atom. The Labute approximate surface area is 114 Å². The summed E-state index contributed by atoms with van der Waals surface area (Å²) in [6, 6.07) is 9.75. The van der Waals surface area contributed by atoms with Crippen LogP contribution in [-0.4, -0.2) is 11.9 Å². The predicted octanol–water partition coefficient (Wildman–Crippen LogP) is 3.21. The van der Waals surface area contributed by atoms with Crippen LogP contribution in [-0.2, 0) is 6.42 Å². The number of nitrogens with one attached hydrogen (secondary N) is 1. The third-order valence-electron chi connectivity index (χ3n) is 3.69. The van der Waals surface area contributed by atoms with Crippen molar-refractivity contribution in [3.05, 3.63) is 35.4 Å². The monoisotopic (exact) mass is 256 g/mol. The van der Waals surface area contributed by atoms with Crippen molar-refractivity contribution in [1.82, 2.24) is 5.32 Å². The lowest BCUT2D eigenvalue weighted by atomic mass is 10.1. The number of carbonyl (C=O) groups is 1. The van der Waals surface area contributed by atoms with Gasteiger partial charge in [-0.15, -0.1) is 0 Å². The van der Waals surface area contributed by atoms with Crippen molar-refractivity contribution in [2.24, 2.45) is 0 Å². The van der Waals surface area contributed by atoms with Crippen molar-refractivity contribution in [1.29, 1.82) is 5.26 Å². The van der Waals surface area contributed by atoms with Crippen LogP contribution in [0.5, 0.6) is 0 Å². The molecule has 0 heterocycles. The minimum atomic E-state index is 0.00964. The van der Waals surface area contributed by atoms with Gasteiger partial charge in [-0.1, -0.05) is 37.8 Å². The van der Waals surface area contributed by atoms with Crippen LogP contribution in [0.3, 0.4) is 0 Å². The quantitative estimate of drug-likeness (QED) is 0.844. The molecule has 1 aromatic rings. The first-order valence-electron chi connectivity index (χ1n) is 7.06. The molecule has 1 aliphatic rings. The van der Waals surface area contributed by atoms with Gasteiger partial charge < -0.3 is 5.32 Å². The minimum absolute atomic E-state index is 0.00964. The Morgan fingerprint density at radius 2 is 1.79 bits per heavy atom. The van der Waals surface area contributed by atoms with Crippen molar-refractivity contribution < 1.29 is 4.79 Å². The molecule has 0 atom stereocenters. The van der Waals surface area contributed by atoms with E-state index in [-0.39, 0.29) is 5.91 Å². The molecule has 1 fully saturated rings. The summed E-state index contributed by atoms with van der Waals surface area (Å²) in [6.07, 6.45) is 7.59. The first-order chi connectivity index (χ1) is 9.29. The first-order valence-corrected chi connectivity index (χ1v) is 7.06. The summed E-state index contributed by atoms with van der Waals surface area (Å²) >= 11 is 0. The Bertz CT molecular complexity index is 451. The molecule has 1 saturated carbocycles. The maximum Gasteiger partial charge on any atom is 0.251 e. The minimum Gasteiger partial charge on any atom is -0.349 e. The average Bonchev–Trinajstić information content (AvgIpc) is 2.68. The number of nitriles is 1. The van der Waals surface area contributed by atoms with Gasteiger partial charge >= 0.3 is 0 Å². The zero-order chi connectivity index (χ0) is 13.5. The van der Waals surface area contributed by atoms with E-state index in [2.05, 4.69) is 11.4 Å². The highest BCUT2D eigenvalue weighted by molar-refractivity contribution is 5.94. The van der Waals surface area contributed by atoms with Gasteiger partial charge in [0.2, 0.25) is 0 Å². The normalized spacial score (nSPS) is 16.4. The highest BCUT2D eigenvalue weighted by atomic mass is 16.1. The molecular weight excluding hydrogens is 236 g/mol. The molecule has 1 aliphatic carbocycles. The van der Waals surface area contributed by atoms with E-state index in [1.54, 1.807) is 12.1 Å². The molecule has 0 aromatic heterocycles. The van der Waals surface area contributed by atoms with Gasteiger partial charge in [-0.2, -0.15) is 5.26 Å². The lowest BCUT2D eigenvalue weighted by molar-refractivity contribution is 0.0933. The number of rotatable bonds is 3. The summed E-state index contributed by atoms with van der Waals surface area (Å²) in [5, 5.41) is 11.7. The topological polar surface area (TPSA) is 52.9 Å². The molecule has 3 nitrogen and oxygen atoms in total. The maximum absolute atomic E-state index is 12.1. The number of hydrogen-bond donors (Lipinski definition) is 1. The highest BCUT2D eigenvalue weighted by Gasteiger charge is 2.15. The van der Waals surface area contributed by atoms with Crippen molar-refractivity contribution in [3.63, 3.8) is 0 Å². The third-order valence-corrected chi connectivity index (χ3v) is 3.69. The SMILES string of the molecule is N#CCc1ccc(C(=O)NC2CCCCCC2)cc1. The van der Waals surface area contributed by atoms with Crippen molar-refractivity contribution in [3.8, 4) is 6.07 Å². The standard InChI is InChI=1S/C16H20N2O/c17-12-11-13-7-9-14(10-8-13)16(19)18-15-5-3-1-2-4-6-15/h7-10,15H,1-6,11H2,(H,18,19). The molecule has 19 heavy (non-hydrogen) atoms. The van der Waals surface area contributed by atoms with E-state index in [0.717, 1.165) is 18.4 Å². The number of benzene rings is 1. The summed E-state index contributed by atoms with van der Waals surface area (Å²) in [5.74, 6) is 0.00964. The second kappa shape index (κ2) is 6.94. The van der Waals surface area contributed by atoms with Gasteiger partial charge in [0.25, 0.3) is 5.91 Å². The first kappa shape index (κ1) is 13.6. The molecule has 1 amide bonds. The van der Waals surface area contributed by atoms with Gasteiger partial charge in [-0.05, 0) is 30.5 Å². The van der Waals surface area contributed by atoms with Crippen LogP contribution in [0.25, 0.3) is 0 Å². The van der Waals surface area contributed by atoms with Crippen LogP contribution < -0.4 is 5.32 Å². The second-order valence-electron chi connectivity index (χ2n) is 5.19. The average molecular weight is 256 g/mol. The molecule has 100 valence electrons. The second-order valence-corrected chi connectivity index (χ2v) is 5.19. The van der Waals surface area contributed by atoms with E-state index in [1.807, 2.05) is 12.1 Å². The van der Waals surface area contributed by atoms with Crippen LogP contribution in [0.4, 0.5) is 0 Å². The van der Waals surface area contributed by atoms with E-state index in [9.17, 15) is 4.79 Å². The van der Waals surface area contributed by atoms with Crippen molar-refractivity contribution in [2.75, 3.05) is 0 Å². The molecule has 0 spiro atoms. The van der Waals surface area contributed by atoms with Gasteiger partial charge in [-0.25, -0.2) is 0 Å². The summed E-state index contributed by atoms with van der Waals surface area (Å²) in [6.45, 7) is 0. The van der Waals surface area contributed by atoms with Crippen molar-refractivity contribution >= 4 is 5.91 Å². The number of hydrogen-bond acceptors (Lipinski definition) is 2. The number of amides is 1. The molecule has 2 rings (SSSR count). The summed E-state index contributed by atoms with van der Waals surface area (Å²) < 4.78 is 0. The lowest BCUT2D eigenvalue weighted by Gasteiger charge is -2.16. The molecular formula is C16H20N2O. The maximum atomic E-state index is 12.1. The Balaban J connectivity index is 1.93. The summed E-state index contributed by atoms with van der Waals surface area (Å²) in [7, 11) is 0. The van der Waals surface area contributed by atoms with Gasteiger partial charge in [-0.3, -0.25) is 4.79 Å². The molecule has 3 heteroatoms. The molecule has 0 bridgehead atoms. The fourth-order valence-corrected chi connectivity index (χ4v) is 2.56. The smallest absolute Gasteiger partial charge is 0.251 e. The molecule has 0 unspecified atom stereocenters. The van der Waals surface area contributed by atoms with E-state index < -0.39 is 0 Å². The summed E-state index contributed by atoms with van der Waals surface area (Å²) in [5.41, 5.74) is 1.64. The van der Waals surface area contributed by atoms with Crippen molar-refractivity contribution in [2.45, 2.75) is 51.0 Å². The highest BCUT2D eigenvalue weighted by Crippen LogP contribution is 2.17. The number of nitrogens with zero attached hydrogens (tertiary/aromatic N) is 1. The van der Waals surface area contributed by atoms with Crippen LogP contribution in [0, 0.1) is 11.3 Å². The fraction of sp³-hybridized carbons (Fsp3) is 0.500. The van der Waals surface area contributed by atoms with Crippen LogP contribution in [0.2, 0.25) is 0 Å². The van der Waals surface area contributed by atoms with Gasteiger partial charge in [0.1, 0.15) is 0 Å². The molecule has 1 N–H and O–H groups in total. The van der Waals surface area contributed by atoms with Crippen LogP contribution in [0.1, 0.15) is 54.4 Å². The van der Waals surface area contributed by atoms with Gasteiger partial charge in [0.05, 0.1) is 12.5 Å². The number of carbonyl (C=O) groups excluding carboxylic acids is 1.